The number of ether oxygens (including phenoxy) is 1. The minimum absolute atomic E-state index is 0.207. The molecule has 2 rings (SSSR count). The lowest BCUT2D eigenvalue weighted by atomic mass is 10.1. The number of nitrogens with zero attached hydrogens (tertiary/aromatic N) is 1. The molecule has 0 aliphatic heterocycles. The SMILES string of the molecule is CN=C(NCCc1ccc(OC)cc1O)NCc1cccc(F)c1. The van der Waals surface area contributed by atoms with Crippen LogP contribution >= 0.6 is 0 Å². The van der Waals surface area contributed by atoms with E-state index in [1.807, 2.05) is 18.2 Å². The summed E-state index contributed by atoms with van der Waals surface area (Å²) in [5, 5.41) is 16.2. The van der Waals surface area contributed by atoms with Crippen molar-refractivity contribution in [2.45, 2.75) is 13.0 Å². The molecule has 6 heteroatoms. The average Bonchev–Trinajstić information content (AvgIpc) is 2.59. The highest BCUT2D eigenvalue weighted by molar-refractivity contribution is 5.79. The summed E-state index contributed by atoms with van der Waals surface area (Å²) in [6.07, 6.45) is 0.635. The molecule has 0 aliphatic carbocycles. The van der Waals surface area contributed by atoms with Gasteiger partial charge in [0.25, 0.3) is 0 Å². The maximum Gasteiger partial charge on any atom is 0.191 e. The minimum Gasteiger partial charge on any atom is -0.508 e. The molecular weight excluding hydrogens is 309 g/mol. The average molecular weight is 331 g/mol. The number of aliphatic imine (C=N–C) groups is 1. The Hall–Kier alpha value is -2.76. The fraction of sp³-hybridized carbons (Fsp3) is 0.278. The number of methoxy groups -OCH3 is 1. The van der Waals surface area contributed by atoms with Crippen LogP contribution in [0.4, 0.5) is 4.39 Å². The Kier molecular flexibility index (Phi) is 6.42. The number of nitrogens with one attached hydrogen (secondary N) is 2. The topological polar surface area (TPSA) is 65.9 Å². The number of phenols is 1. The molecule has 0 saturated heterocycles. The molecule has 0 bridgehead atoms. The van der Waals surface area contributed by atoms with Crippen LogP contribution in [0.2, 0.25) is 0 Å². The van der Waals surface area contributed by atoms with Crippen molar-refractivity contribution in [2.24, 2.45) is 4.99 Å². The molecule has 0 fully saturated rings. The summed E-state index contributed by atoms with van der Waals surface area (Å²) in [7, 11) is 3.23. The van der Waals surface area contributed by atoms with Crippen molar-refractivity contribution in [3.63, 3.8) is 0 Å². The summed E-state index contributed by atoms with van der Waals surface area (Å²) in [6, 6.07) is 11.7. The maximum absolute atomic E-state index is 13.1. The van der Waals surface area contributed by atoms with Crippen LogP contribution < -0.4 is 15.4 Å². The zero-order chi connectivity index (χ0) is 17.4. The fourth-order valence-electron chi connectivity index (χ4n) is 2.25. The maximum atomic E-state index is 13.1. The van der Waals surface area contributed by atoms with E-state index in [0.29, 0.717) is 31.2 Å². The largest absolute Gasteiger partial charge is 0.508 e. The van der Waals surface area contributed by atoms with Gasteiger partial charge in [0, 0.05) is 26.2 Å². The first-order valence-electron chi connectivity index (χ1n) is 7.67. The van der Waals surface area contributed by atoms with Gasteiger partial charge in [-0.3, -0.25) is 4.99 Å². The summed E-state index contributed by atoms with van der Waals surface area (Å²) >= 11 is 0. The van der Waals surface area contributed by atoms with Crippen molar-refractivity contribution in [1.82, 2.24) is 10.6 Å². The van der Waals surface area contributed by atoms with Crippen molar-refractivity contribution < 1.29 is 14.2 Å². The van der Waals surface area contributed by atoms with E-state index in [2.05, 4.69) is 15.6 Å². The third kappa shape index (κ3) is 5.15. The van der Waals surface area contributed by atoms with Gasteiger partial charge in [0.2, 0.25) is 0 Å². The van der Waals surface area contributed by atoms with Gasteiger partial charge in [-0.05, 0) is 35.7 Å². The normalized spacial score (nSPS) is 11.2. The quantitative estimate of drug-likeness (QED) is 0.562. The van der Waals surface area contributed by atoms with E-state index in [1.54, 1.807) is 26.3 Å². The van der Waals surface area contributed by atoms with Gasteiger partial charge in [-0.15, -0.1) is 0 Å². The van der Waals surface area contributed by atoms with Crippen molar-refractivity contribution in [2.75, 3.05) is 20.7 Å². The van der Waals surface area contributed by atoms with Crippen LogP contribution in [0.3, 0.4) is 0 Å². The number of hydrogen-bond donors (Lipinski definition) is 3. The molecule has 0 amide bonds. The standard InChI is InChI=1S/C18H22FN3O2/c1-20-18(22-12-13-4-3-5-15(19)10-13)21-9-8-14-6-7-16(24-2)11-17(14)23/h3-7,10-11,23H,8-9,12H2,1-2H3,(H2,20,21,22). The van der Waals surface area contributed by atoms with Crippen LogP contribution in [0.25, 0.3) is 0 Å². The molecule has 24 heavy (non-hydrogen) atoms. The Balaban J connectivity index is 1.81. The molecule has 0 spiro atoms. The van der Waals surface area contributed by atoms with E-state index in [0.717, 1.165) is 11.1 Å². The molecule has 128 valence electrons. The molecule has 0 aliphatic rings. The number of guanidine groups is 1. The molecule has 2 aromatic carbocycles. The number of phenolic OH excluding ortho intramolecular Hbond substituents is 1. The molecule has 0 atom stereocenters. The van der Waals surface area contributed by atoms with Gasteiger partial charge in [0.1, 0.15) is 17.3 Å². The molecule has 0 aromatic heterocycles. The highest BCUT2D eigenvalue weighted by Gasteiger charge is 2.04. The number of benzene rings is 2. The van der Waals surface area contributed by atoms with Crippen LogP contribution in [0.15, 0.2) is 47.5 Å². The second-order valence-electron chi connectivity index (χ2n) is 5.23. The first-order chi connectivity index (χ1) is 11.6. The van der Waals surface area contributed by atoms with E-state index < -0.39 is 0 Å². The predicted octanol–water partition coefficient (Wildman–Crippen LogP) is 2.45. The van der Waals surface area contributed by atoms with Gasteiger partial charge in [-0.2, -0.15) is 0 Å². The van der Waals surface area contributed by atoms with Crippen molar-refractivity contribution >= 4 is 5.96 Å². The number of rotatable bonds is 6. The Morgan fingerprint density at radius 3 is 2.71 bits per heavy atom. The van der Waals surface area contributed by atoms with Crippen molar-refractivity contribution in [3.05, 3.63) is 59.4 Å². The zero-order valence-electron chi connectivity index (χ0n) is 13.8. The zero-order valence-corrected chi connectivity index (χ0v) is 13.8. The van der Waals surface area contributed by atoms with Gasteiger partial charge in [0.05, 0.1) is 7.11 Å². The fourth-order valence-corrected chi connectivity index (χ4v) is 2.25. The molecule has 0 heterocycles. The summed E-state index contributed by atoms with van der Waals surface area (Å²) in [6.45, 7) is 1.08. The van der Waals surface area contributed by atoms with Crippen LogP contribution in [0, 0.1) is 5.82 Å². The van der Waals surface area contributed by atoms with E-state index in [4.69, 9.17) is 4.74 Å². The number of hydrogen-bond acceptors (Lipinski definition) is 3. The smallest absolute Gasteiger partial charge is 0.191 e. The van der Waals surface area contributed by atoms with Crippen molar-refractivity contribution in [1.29, 1.82) is 0 Å². The molecule has 5 nitrogen and oxygen atoms in total. The molecular formula is C18H22FN3O2. The lowest BCUT2D eigenvalue weighted by Gasteiger charge is -2.13. The first kappa shape index (κ1) is 17.6. The number of halogens is 1. The Morgan fingerprint density at radius 2 is 2.04 bits per heavy atom. The Morgan fingerprint density at radius 1 is 1.21 bits per heavy atom. The summed E-state index contributed by atoms with van der Waals surface area (Å²) < 4.78 is 18.2. The molecule has 0 saturated carbocycles. The molecule has 0 radical (unpaired) electrons. The van der Waals surface area contributed by atoms with Gasteiger partial charge < -0.3 is 20.5 Å². The predicted molar refractivity (Wildman–Crippen MR) is 93.0 cm³/mol. The minimum atomic E-state index is -0.257. The van der Waals surface area contributed by atoms with Gasteiger partial charge in [-0.1, -0.05) is 18.2 Å². The third-order valence-electron chi connectivity index (χ3n) is 3.55. The summed E-state index contributed by atoms with van der Waals surface area (Å²) in [5.41, 5.74) is 1.66. The second kappa shape index (κ2) is 8.76. The first-order valence-corrected chi connectivity index (χ1v) is 7.67. The second-order valence-corrected chi connectivity index (χ2v) is 5.23. The van der Waals surface area contributed by atoms with Crippen molar-refractivity contribution in [3.8, 4) is 11.5 Å². The number of aromatic hydroxyl groups is 1. The van der Waals surface area contributed by atoms with Gasteiger partial charge >= 0.3 is 0 Å². The highest BCUT2D eigenvalue weighted by atomic mass is 19.1. The Bertz CT molecular complexity index is 704. The van der Waals surface area contributed by atoms with Gasteiger partial charge in [0.15, 0.2) is 5.96 Å². The van der Waals surface area contributed by atoms with E-state index in [9.17, 15) is 9.50 Å². The third-order valence-corrected chi connectivity index (χ3v) is 3.55. The Labute approximate surface area is 141 Å². The van der Waals surface area contributed by atoms with E-state index in [1.165, 1.54) is 12.1 Å². The highest BCUT2D eigenvalue weighted by Crippen LogP contribution is 2.23. The summed E-state index contributed by atoms with van der Waals surface area (Å²) in [4.78, 5) is 4.12. The van der Waals surface area contributed by atoms with E-state index >= 15 is 0 Å². The lowest BCUT2D eigenvalue weighted by molar-refractivity contribution is 0.406. The monoisotopic (exact) mass is 331 g/mol. The molecule has 3 N–H and O–H groups in total. The molecule has 2 aromatic rings. The van der Waals surface area contributed by atoms with Crippen LogP contribution in [-0.4, -0.2) is 31.8 Å². The lowest BCUT2D eigenvalue weighted by Crippen LogP contribution is -2.37. The van der Waals surface area contributed by atoms with Crippen LogP contribution in [-0.2, 0) is 13.0 Å². The van der Waals surface area contributed by atoms with Crippen LogP contribution in [0.1, 0.15) is 11.1 Å². The molecule has 0 unspecified atom stereocenters. The van der Waals surface area contributed by atoms with E-state index in [-0.39, 0.29) is 11.6 Å². The summed E-state index contributed by atoms with van der Waals surface area (Å²) in [5.74, 6) is 1.19. The van der Waals surface area contributed by atoms with Gasteiger partial charge in [-0.25, -0.2) is 4.39 Å². The van der Waals surface area contributed by atoms with Crippen LogP contribution in [0.5, 0.6) is 11.5 Å².